The fourth-order valence-corrected chi connectivity index (χ4v) is 0.378. The van der Waals surface area contributed by atoms with Gasteiger partial charge in [-0.1, -0.05) is 0 Å². The van der Waals surface area contributed by atoms with Crippen LogP contribution >= 0.6 is 9.03 Å². The second-order valence-corrected chi connectivity index (χ2v) is 1.85. The van der Waals surface area contributed by atoms with Gasteiger partial charge in [-0.05, 0) is 29.9 Å². The molecule has 0 radical (unpaired) electrons. The summed E-state index contributed by atoms with van der Waals surface area (Å²) in [6.07, 6.45) is 0. The molecule has 0 saturated heterocycles. The van der Waals surface area contributed by atoms with Crippen molar-refractivity contribution in [3.8, 4) is 0 Å². The third-order valence-electron chi connectivity index (χ3n) is 1.06. The Morgan fingerprint density at radius 1 is 1.90 bits per heavy atom. The maximum Gasteiger partial charge on any atom is 0.192 e. The standard InChI is InChI=1S/C6H15NO.H2NP/c1-4-8-5-6(2)7-3;1-2/h6-7H,4-5H2,1-3H3;1-2H/i/hD. The van der Waals surface area contributed by atoms with Crippen LogP contribution in [0.5, 0.6) is 0 Å². The van der Waals surface area contributed by atoms with Crippen LogP contribution in [0.3, 0.4) is 0 Å². The molecule has 0 rings (SSSR count). The van der Waals surface area contributed by atoms with E-state index in [-0.39, 0.29) is 0 Å². The van der Waals surface area contributed by atoms with Crippen LogP contribution in [0.1, 0.15) is 13.8 Å². The minimum Gasteiger partial charge on any atom is -0.380 e. The van der Waals surface area contributed by atoms with Crippen LogP contribution in [0, 0.1) is 5.15 Å². The fourth-order valence-electron chi connectivity index (χ4n) is 0.378. The van der Waals surface area contributed by atoms with Gasteiger partial charge in [-0.3, -0.25) is 5.15 Å². The zero-order valence-corrected chi connectivity index (χ0v) is 7.85. The van der Waals surface area contributed by atoms with Gasteiger partial charge in [0.1, 0.15) is 0 Å². The molecular formula is C6H17N2OP. The maximum atomic E-state index is 5.75. The van der Waals surface area contributed by atoms with E-state index in [1.165, 1.54) is 0 Å². The van der Waals surface area contributed by atoms with Gasteiger partial charge in [0, 0.05) is 12.6 Å². The van der Waals surface area contributed by atoms with Crippen LogP contribution in [0.2, 0.25) is 1.41 Å². The van der Waals surface area contributed by atoms with Crippen LogP contribution in [0.25, 0.3) is 0 Å². The molecule has 0 aromatic carbocycles. The van der Waals surface area contributed by atoms with E-state index in [1.54, 1.807) is 0 Å². The molecular weight excluding hydrogens is 147 g/mol. The molecule has 0 aliphatic rings. The Labute approximate surface area is 66.7 Å². The van der Waals surface area contributed by atoms with Crippen molar-refractivity contribution in [1.82, 2.24) is 5.32 Å². The van der Waals surface area contributed by atoms with E-state index in [0.717, 1.165) is 13.2 Å². The fraction of sp³-hybridized carbons (Fsp3) is 1.00. The molecule has 0 amide bonds. The molecule has 10 heavy (non-hydrogen) atoms. The molecule has 0 saturated carbocycles. The van der Waals surface area contributed by atoms with E-state index in [9.17, 15) is 0 Å². The van der Waals surface area contributed by atoms with Crippen LogP contribution < -0.4 is 5.32 Å². The van der Waals surface area contributed by atoms with Crippen molar-refractivity contribution in [3.05, 3.63) is 0 Å². The van der Waals surface area contributed by atoms with Gasteiger partial charge < -0.3 is 10.1 Å². The molecule has 0 fully saturated rings. The molecule has 4 heteroatoms. The summed E-state index contributed by atoms with van der Waals surface area (Å²) in [7, 11) is 4.41. The lowest BCUT2D eigenvalue weighted by Crippen LogP contribution is -2.26. The molecule has 0 spiro atoms. The average molecular weight is 165 g/mol. The van der Waals surface area contributed by atoms with Crippen molar-refractivity contribution in [3.63, 3.8) is 0 Å². The van der Waals surface area contributed by atoms with Gasteiger partial charge in [0.2, 0.25) is 0 Å². The highest BCUT2D eigenvalue weighted by atomic mass is 31.0. The topological polar surface area (TPSA) is 45.1 Å². The molecule has 0 bridgehead atoms. The first-order valence-corrected chi connectivity index (χ1v) is 3.73. The Kier molecular flexibility index (Phi) is 11.8. The largest absolute Gasteiger partial charge is 0.380 e. The van der Waals surface area contributed by atoms with Crippen LogP contribution in [0.4, 0.5) is 0 Å². The van der Waals surface area contributed by atoms with E-state index < -0.39 is 0 Å². The Balaban J connectivity index is 0. The van der Waals surface area contributed by atoms with E-state index >= 15 is 0 Å². The third kappa shape index (κ3) is 10.9. The summed E-state index contributed by atoms with van der Waals surface area (Å²) < 4.78 is 10.9. The SMILES string of the molecule is CCOCC(C)NC.[2H]N=P. The predicted molar refractivity (Wildman–Crippen MR) is 46.0 cm³/mol. The van der Waals surface area contributed by atoms with Crippen molar-refractivity contribution < 1.29 is 6.15 Å². The summed E-state index contributed by atoms with van der Waals surface area (Å²) in [6.45, 7) is 5.72. The molecule has 2 N–H and O–H groups in total. The van der Waals surface area contributed by atoms with Gasteiger partial charge in [-0.25, -0.2) is 0 Å². The van der Waals surface area contributed by atoms with E-state index in [0.29, 0.717) is 6.04 Å². The Bertz CT molecular complexity index is 85.0. The minimum atomic E-state index is 0.481. The highest BCUT2D eigenvalue weighted by Crippen LogP contribution is 1.80. The summed E-state index contributed by atoms with van der Waals surface area (Å²) >= 11 is 0. The van der Waals surface area contributed by atoms with Crippen LogP contribution in [-0.4, -0.2) is 26.3 Å². The lowest BCUT2D eigenvalue weighted by Gasteiger charge is -2.07. The molecule has 0 aromatic heterocycles. The molecule has 1 unspecified atom stereocenters. The van der Waals surface area contributed by atoms with Crippen molar-refractivity contribution in [2.24, 2.45) is 0 Å². The lowest BCUT2D eigenvalue weighted by atomic mass is 10.4. The molecule has 1 atom stereocenters. The molecule has 62 valence electrons. The molecule has 0 aliphatic carbocycles. The second-order valence-electron chi connectivity index (χ2n) is 1.85. The third-order valence-corrected chi connectivity index (χ3v) is 1.06. The van der Waals surface area contributed by atoms with Crippen molar-refractivity contribution in [2.75, 3.05) is 20.3 Å². The first-order valence-electron chi connectivity index (χ1n) is 3.73. The number of ether oxygens (including phenoxy) is 1. The van der Waals surface area contributed by atoms with E-state index in [4.69, 9.17) is 6.15 Å². The quantitative estimate of drug-likeness (QED) is 0.620. The smallest absolute Gasteiger partial charge is 0.192 e. The van der Waals surface area contributed by atoms with Gasteiger partial charge in [0.05, 0.1) is 6.61 Å². The van der Waals surface area contributed by atoms with Crippen LogP contribution in [0.15, 0.2) is 0 Å². The zero-order valence-electron chi connectivity index (χ0n) is 7.85. The number of likely N-dealkylation sites (N-methyl/N-ethyl adjacent to an activating group) is 1. The molecule has 3 nitrogen and oxygen atoms in total. The highest BCUT2D eigenvalue weighted by Gasteiger charge is 1.93. The van der Waals surface area contributed by atoms with Gasteiger partial charge in [-0.15, -0.1) is 0 Å². The van der Waals surface area contributed by atoms with Crippen molar-refractivity contribution in [2.45, 2.75) is 19.9 Å². The number of hydrogen-bond donors (Lipinski definition) is 2. The summed E-state index contributed by atoms with van der Waals surface area (Å²) in [5, 5.41) is 5.63. The van der Waals surface area contributed by atoms with Crippen molar-refractivity contribution >= 4 is 9.03 Å². The first-order chi connectivity index (χ1) is 5.22. The van der Waals surface area contributed by atoms with E-state index in [1.807, 2.05) is 14.0 Å². The molecule has 0 aromatic rings. The highest BCUT2D eigenvalue weighted by molar-refractivity contribution is 7.02. The summed E-state index contributed by atoms with van der Waals surface area (Å²) in [6, 6.07) is 0.481. The Morgan fingerprint density at radius 3 is 2.70 bits per heavy atom. The maximum absolute atomic E-state index is 5.75. The van der Waals surface area contributed by atoms with Crippen molar-refractivity contribution in [1.29, 1.82) is 5.15 Å². The summed E-state index contributed by atoms with van der Waals surface area (Å²) in [5.74, 6) is 0. The van der Waals surface area contributed by atoms with Gasteiger partial charge in [0.25, 0.3) is 0 Å². The summed E-state index contributed by atoms with van der Waals surface area (Å²) in [4.78, 5) is 0. The van der Waals surface area contributed by atoms with E-state index in [2.05, 4.69) is 26.4 Å². The first kappa shape index (κ1) is 10.0. The molecule has 0 aliphatic heterocycles. The lowest BCUT2D eigenvalue weighted by molar-refractivity contribution is 0.129. The summed E-state index contributed by atoms with van der Waals surface area (Å²) in [5.41, 5.74) is 0. The Morgan fingerprint density at radius 2 is 2.40 bits per heavy atom. The van der Waals surface area contributed by atoms with Crippen LogP contribution in [-0.2, 0) is 4.74 Å². The Hall–Kier alpha value is 0.0200. The van der Waals surface area contributed by atoms with Gasteiger partial charge >= 0.3 is 0 Å². The van der Waals surface area contributed by atoms with Gasteiger partial charge in [-0.2, -0.15) is 0 Å². The second kappa shape index (κ2) is 11.8. The van der Waals surface area contributed by atoms with Gasteiger partial charge in [0.15, 0.2) is 1.41 Å². The number of hydrogen-bond acceptors (Lipinski definition) is 3. The zero-order chi connectivity index (χ0) is 9.11. The normalized spacial score (nSPS) is 12.5. The minimum absolute atomic E-state index is 0.481. The molecule has 0 heterocycles. The predicted octanol–water partition coefficient (Wildman–Crippen LogP) is 1.52. The average Bonchev–Trinajstić information content (AvgIpc) is 2.02. The number of nitrogens with one attached hydrogen (secondary N) is 2. The number of rotatable bonds is 4. The monoisotopic (exact) mass is 165 g/mol.